The van der Waals surface area contributed by atoms with Gasteiger partial charge in [0.15, 0.2) is 0 Å². The second kappa shape index (κ2) is 7.72. The molecule has 0 aromatic carbocycles. The Morgan fingerprint density at radius 3 is 2.05 bits per heavy atom. The number of amides is 3. The highest BCUT2D eigenvalue weighted by molar-refractivity contribution is 5.86. The fourth-order valence-corrected chi connectivity index (χ4v) is 1.66. The van der Waals surface area contributed by atoms with Crippen LogP contribution in [0.3, 0.4) is 0 Å². The van der Waals surface area contributed by atoms with Crippen LogP contribution in [0.5, 0.6) is 0 Å². The maximum atomic E-state index is 12.5. The van der Waals surface area contributed by atoms with E-state index in [1.807, 2.05) is 6.92 Å². The first-order chi connectivity index (χ1) is 9.13. The van der Waals surface area contributed by atoms with Gasteiger partial charge in [-0.15, -0.1) is 0 Å². The van der Waals surface area contributed by atoms with Crippen LogP contribution in [0.15, 0.2) is 0 Å². The van der Waals surface area contributed by atoms with Crippen molar-refractivity contribution in [3.8, 4) is 0 Å². The zero-order valence-corrected chi connectivity index (χ0v) is 12.9. The minimum Gasteiger partial charge on any atom is -0.480 e. The third-order valence-electron chi connectivity index (χ3n) is 2.71. The van der Waals surface area contributed by atoms with Gasteiger partial charge in [0, 0.05) is 19.1 Å². The smallest absolute Gasteiger partial charge is 0.323 e. The van der Waals surface area contributed by atoms with Crippen molar-refractivity contribution < 1.29 is 19.5 Å². The van der Waals surface area contributed by atoms with Crippen molar-refractivity contribution in [2.24, 2.45) is 0 Å². The number of carbonyl (C=O) groups is 3. The Bertz CT molecular complexity index is 363. The van der Waals surface area contributed by atoms with Crippen molar-refractivity contribution in [2.45, 2.75) is 39.7 Å². The Labute approximate surface area is 119 Å². The van der Waals surface area contributed by atoms with Crippen LogP contribution in [0, 0.1) is 0 Å². The van der Waals surface area contributed by atoms with Gasteiger partial charge in [0.2, 0.25) is 5.91 Å². The second-order valence-electron chi connectivity index (χ2n) is 5.53. The van der Waals surface area contributed by atoms with Gasteiger partial charge >= 0.3 is 12.0 Å². The molecular weight excluding hydrogens is 262 g/mol. The molecule has 0 fully saturated rings. The molecular formula is C13H25N3O4. The van der Waals surface area contributed by atoms with Crippen molar-refractivity contribution in [1.82, 2.24) is 15.1 Å². The number of nitrogens with one attached hydrogen (secondary N) is 1. The van der Waals surface area contributed by atoms with Crippen molar-refractivity contribution >= 4 is 17.9 Å². The SMILES string of the molecule is CCCN(CC(=O)NC)C(=O)N(CC(=O)O)C(C)(C)C. The topological polar surface area (TPSA) is 90.0 Å². The van der Waals surface area contributed by atoms with E-state index in [0.717, 1.165) is 0 Å². The molecule has 7 heteroatoms. The highest BCUT2D eigenvalue weighted by Crippen LogP contribution is 2.16. The highest BCUT2D eigenvalue weighted by atomic mass is 16.4. The summed E-state index contributed by atoms with van der Waals surface area (Å²) in [7, 11) is 1.50. The van der Waals surface area contributed by atoms with E-state index in [9.17, 15) is 14.4 Å². The van der Waals surface area contributed by atoms with Gasteiger partial charge in [-0.3, -0.25) is 9.59 Å². The van der Waals surface area contributed by atoms with Crippen LogP contribution >= 0.6 is 0 Å². The van der Waals surface area contributed by atoms with Gasteiger partial charge in [0.05, 0.1) is 0 Å². The number of carboxylic acid groups (broad SMARTS) is 1. The lowest BCUT2D eigenvalue weighted by molar-refractivity contribution is -0.138. The Morgan fingerprint density at radius 2 is 1.70 bits per heavy atom. The molecule has 0 saturated heterocycles. The second-order valence-corrected chi connectivity index (χ2v) is 5.53. The van der Waals surface area contributed by atoms with Gasteiger partial charge in [-0.25, -0.2) is 4.79 Å². The van der Waals surface area contributed by atoms with Gasteiger partial charge in [0.25, 0.3) is 0 Å². The molecule has 0 aliphatic heterocycles. The molecule has 0 aliphatic rings. The van der Waals surface area contributed by atoms with Crippen molar-refractivity contribution in [3.05, 3.63) is 0 Å². The summed E-state index contributed by atoms with van der Waals surface area (Å²) < 4.78 is 0. The fourth-order valence-electron chi connectivity index (χ4n) is 1.66. The monoisotopic (exact) mass is 287 g/mol. The van der Waals surface area contributed by atoms with Gasteiger partial charge < -0.3 is 20.2 Å². The summed E-state index contributed by atoms with van der Waals surface area (Å²) in [5.74, 6) is -1.36. The first-order valence-corrected chi connectivity index (χ1v) is 6.62. The Hall–Kier alpha value is -1.79. The van der Waals surface area contributed by atoms with Gasteiger partial charge in [-0.1, -0.05) is 6.92 Å². The predicted octanol–water partition coefficient (Wildman–Crippen LogP) is 0.750. The zero-order valence-electron chi connectivity index (χ0n) is 12.9. The maximum Gasteiger partial charge on any atom is 0.323 e. The van der Waals surface area contributed by atoms with Crippen molar-refractivity contribution in [2.75, 3.05) is 26.7 Å². The summed E-state index contributed by atoms with van der Waals surface area (Å²) in [5, 5.41) is 11.4. The molecule has 0 aromatic heterocycles. The molecule has 0 saturated carbocycles. The molecule has 2 N–H and O–H groups in total. The molecule has 0 unspecified atom stereocenters. The van der Waals surface area contributed by atoms with E-state index in [0.29, 0.717) is 13.0 Å². The van der Waals surface area contributed by atoms with Crippen molar-refractivity contribution in [3.63, 3.8) is 0 Å². The summed E-state index contributed by atoms with van der Waals surface area (Å²) in [4.78, 5) is 37.5. The average Bonchev–Trinajstić information content (AvgIpc) is 2.32. The predicted molar refractivity (Wildman–Crippen MR) is 75.4 cm³/mol. The number of aliphatic carboxylic acids is 1. The molecule has 20 heavy (non-hydrogen) atoms. The molecule has 0 aromatic rings. The summed E-state index contributed by atoms with van der Waals surface area (Å²) >= 11 is 0. The van der Waals surface area contributed by atoms with Gasteiger partial charge in [-0.05, 0) is 27.2 Å². The number of carbonyl (C=O) groups excluding carboxylic acids is 2. The normalized spacial score (nSPS) is 10.8. The quantitative estimate of drug-likeness (QED) is 0.754. The van der Waals surface area contributed by atoms with E-state index in [2.05, 4.69) is 5.32 Å². The largest absolute Gasteiger partial charge is 0.480 e. The molecule has 0 aliphatic carbocycles. The Balaban J connectivity index is 5.14. The summed E-state index contributed by atoms with van der Waals surface area (Å²) in [5.41, 5.74) is -0.635. The lowest BCUT2D eigenvalue weighted by Gasteiger charge is -2.38. The number of urea groups is 1. The van der Waals surface area contributed by atoms with E-state index in [4.69, 9.17) is 5.11 Å². The van der Waals surface area contributed by atoms with Crippen LogP contribution < -0.4 is 5.32 Å². The third kappa shape index (κ3) is 5.90. The average molecular weight is 287 g/mol. The van der Waals surface area contributed by atoms with Crippen LogP contribution in [0.1, 0.15) is 34.1 Å². The molecule has 7 nitrogen and oxygen atoms in total. The molecule has 0 heterocycles. The molecule has 3 amide bonds. The van der Waals surface area contributed by atoms with E-state index in [1.165, 1.54) is 16.8 Å². The first kappa shape index (κ1) is 18.2. The Morgan fingerprint density at radius 1 is 1.15 bits per heavy atom. The minimum atomic E-state index is -1.08. The molecule has 0 spiro atoms. The molecule has 0 atom stereocenters. The summed E-state index contributed by atoms with van der Waals surface area (Å²) in [6.07, 6.45) is 0.688. The van der Waals surface area contributed by atoms with E-state index in [1.54, 1.807) is 20.8 Å². The fraction of sp³-hybridized carbons (Fsp3) is 0.769. The van der Waals surface area contributed by atoms with E-state index in [-0.39, 0.29) is 12.5 Å². The zero-order chi connectivity index (χ0) is 15.9. The van der Waals surface area contributed by atoms with E-state index < -0.39 is 24.1 Å². The standard InChI is InChI=1S/C13H25N3O4/c1-6-7-15(8-10(17)14-5)12(20)16(9-11(18)19)13(2,3)4/h6-9H2,1-5H3,(H,14,17)(H,18,19). The molecule has 0 rings (SSSR count). The number of hydrogen-bond acceptors (Lipinski definition) is 3. The Kier molecular flexibility index (Phi) is 7.02. The van der Waals surface area contributed by atoms with Crippen LogP contribution in [0.4, 0.5) is 4.79 Å². The van der Waals surface area contributed by atoms with Crippen LogP contribution in [-0.2, 0) is 9.59 Å². The first-order valence-electron chi connectivity index (χ1n) is 6.62. The van der Waals surface area contributed by atoms with Crippen LogP contribution in [0.25, 0.3) is 0 Å². The number of likely N-dealkylation sites (N-methyl/N-ethyl adjacent to an activating group) is 1. The molecule has 0 bridgehead atoms. The highest BCUT2D eigenvalue weighted by Gasteiger charge is 2.32. The minimum absolute atomic E-state index is 0.0740. The number of rotatable bonds is 6. The summed E-state index contributed by atoms with van der Waals surface area (Å²) in [6.45, 7) is 7.11. The summed E-state index contributed by atoms with van der Waals surface area (Å²) in [6, 6.07) is -0.439. The molecule has 0 radical (unpaired) electrons. The number of carboxylic acids is 1. The lowest BCUT2D eigenvalue weighted by atomic mass is 10.1. The third-order valence-corrected chi connectivity index (χ3v) is 2.71. The molecule has 116 valence electrons. The van der Waals surface area contributed by atoms with Gasteiger partial charge in [-0.2, -0.15) is 0 Å². The maximum absolute atomic E-state index is 12.5. The lowest BCUT2D eigenvalue weighted by Crippen LogP contribution is -2.55. The van der Waals surface area contributed by atoms with E-state index >= 15 is 0 Å². The number of hydrogen-bond donors (Lipinski definition) is 2. The van der Waals surface area contributed by atoms with Gasteiger partial charge in [0.1, 0.15) is 13.1 Å². The van der Waals surface area contributed by atoms with Crippen molar-refractivity contribution in [1.29, 1.82) is 0 Å². The van der Waals surface area contributed by atoms with Crippen LogP contribution in [0.2, 0.25) is 0 Å². The number of nitrogens with zero attached hydrogens (tertiary/aromatic N) is 2. The van der Waals surface area contributed by atoms with Crippen LogP contribution in [-0.4, -0.2) is 65.0 Å².